The minimum absolute atomic E-state index is 0.000276. The number of carbonyl (C=O) groups excluding carboxylic acids is 3. The van der Waals surface area contributed by atoms with Gasteiger partial charge in [-0.15, -0.1) is 0 Å². The Bertz CT molecular complexity index is 998. The first-order valence-electron chi connectivity index (χ1n) is 9.98. The smallest absolute Gasteiger partial charge is 0.326 e. The molecular formula is C20H27N5O7S. The molecule has 0 aliphatic rings. The van der Waals surface area contributed by atoms with Gasteiger partial charge in [-0.2, -0.15) is 12.6 Å². The Hall–Kier alpha value is -3.13. The average molecular weight is 482 g/mol. The van der Waals surface area contributed by atoms with E-state index in [0.717, 1.165) is 10.9 Å². The summed E-state index contributed by atoms with van der Waals surface area (Å²) in [6.07, 6.45) is 1.59. The Morgan fingerprint density at radius 2 is 1.48 bits per heavy atom. The van der Waals surface area contributed by atoms with Gasteiger partial charge in [0.2, 0.25) is 17.7 Å². The molecule has 0 bridgehead atoms. The van der Waals surface area contributed by atoms with Crippen molar-refractivity contribution in [2.75, 3.05) is 19.0 Å². The van der Waals surface area contributed by atoms with Crippen molar-refractivity contribution in [3.63, 3.8) is 0 Å². The van der Waals surface area contributed by atoms with Crippen molar-refractivity contribution in [2.24, 2.45) is 5.73 Å². The van der Waals surface area contributed by atoms with Crippen LogP contribution in [0.25, 0.3) is 10.9 Å². The number of para-hydroxylation sites is 1. The summed E-state index contributed by atoms with van der Waals surface area (Å²) in [5.74, 6) is -3.96. The standard InChI is InChI=1S/C20H27N5O7S/c21-12(9-33)17(28)24-15(7-26)19(30)25-16(8-27)18(29)23-14(20(31)32)5-10-6-22-13-4-2-1-3-11(10)13/h1-4,6,12,14-16,22,26-27,33H,5,7-9,21H2,(H,23,29)(H,24,28)(H,25,30)(H,31,32). The zero-order chi connectivity index (χ0) is 24.5. The molecule has 0 fully saturated rings. The maximum Gasteiger partial charge on any atom is 0.326 e. The molecule has 180 valence electrons. The maximum atomic E-state index is 12.6. The highest BCUT2D eigenvalue weighted by Gasteiger charge is 2.30. The normalized spacial score (nSPS) is 14.7. The SMILES string of the molecule is NC(CS)C(=O)NC(CO)C(=O)NC(CO)C(=O)NC(Cc1c[nH]c2ccccc12)C(=O)O. The summed E-state index contributed by atoms with van der Waals surface area (Å²) in [4.78, 5) is 51.5. The predicted octanol–water partition coefficient (Wildman–Crippen LogP) is -2.51. The lowest BCUT2D eigenvalue weighted by Gasteiger charge is -2.23. The molecule has 0 spiro atoms. The second-order valence-corrected chi connectivity index (χ2v) is 7.60. The number of carbonyl (C=O) groups is 4. The van der Waals surface area contributed by atoms with E-state index in [-0.39, 0.29) is 12.2 Å². The third-order valence-electron chi connectivity index (χ3n) is 4.88. The highest BCUT2D eigenvalue weighted by molar-refractivity contribution is 7.80. The molecule has 0 aliphatic carbocycles. The fourth-order valence-electron chi connectivity index (χ4n) is 3.01. The van der Waals surface area contributed by atoms with Gasteiger partial charge in [0.15, 0.2) is 0 Å². The molecule has 2 aromatic rings. The number of aliphatic carboxylic acids is 1. The molecule has 0 aliphatic heterocycles. The molecule has 1 aromatic heterocycles. The predicted molar refractivity (Wildman–Crippen MR) is 121 cm³/mol. The molecule has 3 amide bonds. The van der Waals surface area contributed by atoms with Crippen molar-refractivity contribution in [3.8, 4) is 0 Å². The molecule has 2 rings (SSSR count). The van der Waals surface area contributed by atoms with Crippen molar-refractivity contribution in [2.45, 2.75) is 30.6 Å². The number of fused-ring (bicyclic) bond motifs is 1. The van der Waals surface area contributed by atoms with Crippen molar-refractivity contribution < 1.29 is 34.5 Å². The number of nitrogens with one attached hydrogen (secondary N) is 4. The number of thiol groups is 1. The van der Waals surface area contributed by atoms with Gasteiger partial charge < -0.3 is 42.0 Å². The number of aromatic nitrogens is 1. The number of rotatable bonds is 12. The number of hydrogen-bond donors (Lipinski definition) is 9. The second-order valence-electron chi connectivity index (χ2n) is 7.24. The van der Waals surface area contributed by atoms with Gasteiger partial charge in [-0.25, -0.2) is 4.79 Å². The highest BCUT2D eigenvalue weighted by Crippen LogP contribution is 2.19. The molecule has 33 heavy (non-hydrogen) atoms. The Labute approximate surface area is 194 Å². The van der Waals surface area contributed by atoms with Gasteiger partial charge in [0, 0.05) is 29.3 Å². The maximum absolute atomic E-state index is 12.6. The number of amides is 3. The fourth-order valence-corrected chi connectivity index (χ4v) is 3.18. The first kappa shape index (κ1) is 26.1. The van der Waals surface area contributed by atoms with Crippen LogP contribution in [0, 0.1) is 0 Å². The van der Waals surface area contributed by atoms with E-state index in [1.54, 1.807) is 12.3 Å². The summed E-state index contributed by atoms with van der Waals surface area (Å²) in [5.41, 5.74) is 6.97. The third kappa shape index (κ3) is 6.92. The Balaban J connectivity index is 2.05. The van der Waals surface area contributed by atoms with E-state index in [4.69, 9.17) is 5.73 Å². The Kier molecular flexibility index (Phi) is 9.66. The summed E-state index contributed by atoms with van der Waals surface area (Å²) in [5, 5.41) is 36.0. The minimum Gasteiger partial charge on any atom is -0.480 e. The van der Waals surface area contributed by atoms with Crippen LogP contribution >= 0.6 is 12.6 Å². The van der Waals surface area contributed by atoms with Crippen LogP contribution in [-0.4, -0.2) is 87.1 Å². The number of benzene rings is 1. The van der Waals surface area contributed by atoms with Crippen LogP contribution in [0.3, 0.4) is 0 Å². The average Bonchev–Trinajstić information content (AvgIpc) is 3.22. The Morgan fingerprint density at radius 3 is 2.03 bits per heavy atom. The number of aliphatic hydroxyl groups excluding tert-OH is 2. The highest BCUT2D eigenvalue weighted by atomic mass is 32.1. The van der Waals surface area contributed by atoms with E-state index < -0.39 is 61.1 Å². The number of aromatic amines is 1. The number of nitrogens with two attached hydrogens (primary N) is 1. The first-order valence-corrected chi connectivity index (χ1v) is 10.6. The summed E-state index contributed by atoms with van der Waals surface area (Å²) in [6, 6.07) is 1.93. The van der Waals surface area contributed by atoms with Crippen LogP contribution < -0.4 is 21.7 Å². The van der Waals surface area contributed by atoms with E-state index in [0.29, 0.717) is 5.56 Å². The molecule has 9 N–H and O–H groups in total. The zero-order valence-electron chi connectivity index (χ0n) is 17.5. The fraction of sp³-hybridized carbons (Fsp3) is 0.400. The number of hydrogen-bond acceptors (Lipinski definition) is 8. The minimum atomic E-state index is -1.52. The number of H-pyrrole nitrogens is 1. The summed E-state index contributed by atoms with van der Waals surface area (Å²) in [6.45, 7) is -1.64. The molecule has 1 heterocycles. The summed E-state index contributed by atoms with van der Waals surface area (Å²) in [7, 11) is 0. The molecule has 0 saturated heterocycles. The van der Waals surface area contributed by atoms with E-state index >= 15 is 0 Å². The van der Waals surface area contributed by atoms with Crippen LogP contribution in [0.2, 0.25) is 0 Å². The Morgan fingerprint density at radius 1 is 0.939 bits per heavy atom. The van der Waals surface area contributed by atoms with Crippen molar-refractivity contribution in [3.05, 3.63) is 36.0 Å². The molecule has 0 radical (unpaired) electrons. The molecule has 4 unspecified atom stereocenters. The van der Waals surface area contributed by atoms with Crippen molar-refractivity contribution in [1.29, 1.82) is 0 Å². The molecule has 4 atom stereocenters. The van der Waals surface area contributed by atoms with E-state index in [2.05, 4.69) is 33.6 Å². The van der Waals surface area contributed by atoms with E-state index in [1.807, 2.05) is 18.2 Å². The monoisotopic (exact) mass is 481 g/mol. The zero-order valence-corrected chi connectivity index (χ0v) is 18.4. The lowest BCUT2D eigenvalue weighted by molar-refractivity contribution is -0.142. The summed E-state index contributed by atoms with van der Waals surface area (Å²) >= 11 is 3.87. The number of aliphatic hydroxyl groups is 2. The van der Waals surface area contributed by atoms with Crippen LogP contribution in [0.1, 0.15) is 5.56 Å². The first-order chi connectivity index (χ1) is 15.7. The molecule has 0 saturated carbocycles. The third-order valence-corrected chi connectivity index (χ3v) is 5.27. The van der Waals surface area contributed by atoms with E-state index in [9.17, 15) is 34.5 Å². The topological polar surface area (TPSA) is 207 Å². The quantitative estimate of drug-likeness (QED) is 0.148. The van der Waals surface area contributed by atoms with Gasteiger partial charge >= 0.3 is 5.97 Å². The van der Waals surface area contributed by atoms with Crippen LogP contribution in [0.15, 0.2) is 30.5 Å². The van der Waals surface area contributed by atoms with Crippen LogP contribution in [0.4, 0.5) is 0 Å². The summed E-state index contributed by atoms with van der Waals surface area (Å²) < 4.78 is 0. The lowest BCUT2D eigenvalue weighted by atomic mass is 10.0. The lowest BCUT2D eigenvalue weighted by Crippen LogP contribution is -2.59. The molecule has 12 nitrogen and oxygen atoms in total. The van der Waals surface area contributed by atoms with Crippen molar-refractivity contribution >= 4 is 47.2 Å². The van der Waals surface area contributed by atoms with Gasteiger partial charge in [-0.1, -0.05) is 18.2 Å². The molecule has 13 heteroatoms. The molecular weight excluding hydrogens is 454 g/mol. The van der Waals surface area contributed by atoms with Gasteiger partial charge in [0.05, 0.1) is 19.3 Å². The molecule has 1 aromatic carbocycles. The van der Waals surface area contributed by atoms with Gasteiger partial charge in [-0.3, -0.25) is 14.4 Å². The number of carboxylic acids is 1. The van der Waals surface area contributed by atoms with Crippen molar-refractivity contribution in [1.82, 2.24) is 20.9 Å². The van der Waals surface area contributed by atoms with Gasteiger partial charge in [-0.05, 0) is 11.6 Å². The van der Waals surface area contributed by atoms with E-state index in [1.165, 1.54) is 0 Å². The van der Waals surface area contributed by atoms with Gasteiger partial charge in [0.25, 0.3) is 0 Å². The van der Waals surface area contributed by atoms with Gasteiger partial charge in [0.1, 0.15) is 18.1 Å². The second kappa shape index (κ2) is 12.2. The van der Waals surface area contributed by atoms with Crippen LogP contribution in [0.5, 0.6) is 0 Å². The largest absolute Gasteiger partial charge is 0.480 e. The number of carboxylic acid groups (broad SMARTS) is 1. The van der Waals surface area contributed by atoms with Crippen LogP contribution in [-0.2, 0) is 25.6 Å².